The highest BCUT2D eigenvalue weighted by Crippen LogP contribution is 2.16. The molecule has 2 aliphatic heterocycles. The van der Waals surface area contributed by atoms with E-state index in [1.807, 2.05) is 30.3 Å². The Bertz CT molecular complexity index is 754. The van der Waals surface area contributed by atoms with Crippen LogP contribution >= 0.6 is 0 Å². The number of benzene rings is 1. The molecule has 2 heterocycles. The van der Waals surface area contributed by atoms with Crippen LogP contribution in [0.1, 0.15) is 12.8 Å². The normalized spacial score (nSPS) is 18.7. The monoisotopic (exact) mass is 402 g/mol. The average molecular weight is 402 g/mol. The van der Waals surface area contributed by atoms with Gasteiger partial charge in [-0.1, -0.05) is 18.2 Å². The summed E-state index contributed by atoms with van der Waals surface area (Å²) in [6, 6.07) is 10.0. The molecule has 2 fully saturated rings. The molecule has 0 bridgehead atoms. The van der Waals surface area contributed by atoms with Crippen LogP contribution in [0.3, 0.4) is 0 Å². The van der Waals surface area contributed by atoms with E-state index in [1.165, 1.54) is 12.8 Å². The molecular weight excluding hydrogens is 376 g/mol. The molecule has 0 saturated carbocycles. The number of para-hydroxylation sites is 1. The number of morpholine rings is 1. The molecule has 1 aromatic rings. The molecule has 0 unspecified atom stereocenters. The minimum absolute atomic E-state index is 0.558. The number of aliphatic imine (C=N–C) groups is 2. The van der Waals surface area contributed by atoms with Crippen molar-refractivity contribution < 1.29 is 24.5 Å². The second kappa shape index (κ2) is 11.6. The van der Waals surface area contributed by atoms with Crippen LogP contribution in [-0.2, 0) is 14.3 Å². The van der Waals surface area contributed by atoms with Gasteiger partial charge in [-0.15, -0.1) is 0 Å². The van der Waals surface area contributed by atoms with Crippen molar-refractivity contribution in [1.82, 2.24) is 9.80 Å². The van der Waals surface area contributed by atoms with Gasteiger partial charge >= 0.3 is 11.9 Å². The van der Waals surface area contributed by atoms with E-state index in [4.69, 9.17) is 24.9 Å². The third kappa shape index (κ3) is 8.14. The summed E-state index contributed by atoms with van der Waals surface area (Å²) in [5, 5.41) is 15.6. The summed E-state index contributed by atoms with van der Waals surface area (Å²) in [6.45, 7) is 4.29. The minimum atomic E-state index is -1.26. The molecule has 3 rings (SSSR count). The van der Waals surface area contributed by atoms with E-state index in [9.17, 15) is 9.59 Å². The Balaban J connectivity index is 0.000000321. The van der Waals surface area contributed by atoms with Gasteiger partial charge in [0, 0.05) is 38.8 Å². The zero-order valence-corrected chi connectivity index (χ0v) is 16.4. The molecule has 9 nitrogen and oxygen atoms in total. The molecule has 2 aliphatic rings. The Morgan fingerprint density at radius 3 is 2.21 bits per heavy atom. The highest BCUT2D eigenvalue weighted by atomic mass is 16.5. The van der Waals surface area contributed by atoms with Gasteiger partial charge in [-0.2, -0.15) is 4.99 Å². The number of carboxylic acid groups (broad SMARTS) is 2. The second-order valence-electron chi connectivity index (χ2n) is 6.45. The van der Waals surface area contributed by atoms with E-state index in [2.05, 4.69) is 16.8 Å². The number of amidine groups is 1. The van der Waals surface area contributed by atoms with Gasteiger partial charge in [-0.25, -0.2) is 14.6 Å². The van der Waals surface area contributed by atoms with E-state index in [0.717, 1.165) is 43.7 Å². The van der Waals surface area contributed by atoms with Gasteiger partial charge in [-0.05, 0) is 25.0 Å². The molecule has 0 aromatic heterocycles. The first-order chi connectivity index (χ1) is 14.0. The van der Waals surface area contributed by atoms with Crippen molar-refractivity contribution in [3.05, 3.63) is 42.5 Å². The number of ether oxygens (including phenoxy) is 1. The fraction of sp³-hybridized carbons (Fsp3) is 0.400. The molecular formula is C20H26N4O5. The van der Waals surface area contributed by atoms with Gasteiger partial charge in [0.25, 0.3) is 0 Å². The van der Waals surface area contributed by atoms with Gasteiger partial charge in [0.15, 0.2) is 0 Å². The number of aliphatic carboxylic acids is 2. The zero-order valence-electron chi connectivity index (χ0n) is 16.4. The lowest BCUT2D eigenvalue weighted by molar-refractivity contribution is -0.134. The van der Waals surface area contributed by atoms with E-state index in [1.54, 1.807) is 0 Å². The summed E-state index contributed by atoms with van der Waals surface area (Å²) >= 11 is 0. The van der Waals surface area contributed by atoms with Crippen molar-refractivity contribution in [3.8, 4) is 0 Å². The van der Waals surface area contributed by atoms with Crippen molar-refractivity contribution >= 4 is 29.4 Å². The van der Waals surface area contributed by atoms with E-state index in [-0.39, 0.29) is 0 Å². The maximum atomic E-state index is 9.55. The number of guanidine groups is 1. The Morgan fingerprint density at radius 1 is 1.03 bits per heavy atom. The quantitative estimate of drug-likeness (QED) is 0.450. The molecule has 9 heteroatoms. The number of carboxylic acids is 2. The molecule has 0 spiro atoms. The van der Waals surface area contributed by atoms with Gasteiger partial charge in [-0.3, -0.25) is 0 Å². The van der Waals surface area contributed by atoms with Crippen LogP contribution < -0.4 is 0 Å². The predicted molar refractivity (Wildman–Crippen MR) is 110 cm³/mol. The van der Waals surface area contributed by atoms with Crippen LogP contribution in [0.25, 0.3) is 0 Å². The smallest absolute Gasteiger partial charge is 0.328 e. The first-order valence-electron chi connectivity index (χ1n) is 9.35. The highest BCUT2D eigenvalue weighted by Gasteiger charge is 2.19. The fourth-order valence-corrected chi connectivity index (χ4v) is 2.68. The molecule has 2 saturated heterocycles. The third-order valence-electron chi connectivity index (χ3n) is 4.21. The Hall–Kier alpha value is -3.20. The number of hydrogen-bond donors (Lipinski definition) is 2. The Morgan fingerprint density at radius 2 is 1.66 bits per heavy atom. The predicted octanol–water partition coefficient (Wildman–Crippen LogP) is 1.84. The third-order valence-corrected chi connectivity index (χ3v) is 4.21. The minimum Gasteiger partial charge on any atom is -0.478 e. The van der Waals surface area contributed by atoms with Crippen LogP contribution in [0.15, 0.2) is 52.5 Å². The summed E-state index contributed by atoms with van der Waals surface area (Å²) in [7, 11) is 2.06. The molecule has 2 N–H and O–H groups in total. The van der Waals surface area contributed by atoms with Crippen molar-refractivity contribution in [3.63, 3.8) is 0 Å². The van der Waals surface area contributed by atoms with Crippen molar-refractivity contribution in [1.29, 1.82) is 0 Å². The Kier molecular flexibility index (Phi) is 8.84. The molecule has 0 aliphatic carbocycles. The van der Waals surface area contributed by atoms with Crippen LogP contribution in [0.2, 0.25) is 0 Å². The van der Waals surface area contributed by atoms with E-state index in [0.29, 0.717) is 18.8 Å². The summed E-state index contributed by atoms with van der Waals surface area (Å²) in [5.74, 6) is -0.742. The summed E-state index contributed by atoms with van der Waals surface area (Å²) in [5.41, 5.74) is 0.947. The van der Waals surface area contributed by atoms with Crippen LogP contribution in [0.5, 0.6) is 0 Å². The fourth-order valence-electron chi connectivity index (χ4n) is 2.68. The molecule has 1 aromatic carbocycles. The number of carbonyl (C=O) groups is 2. The topological polar surface area (TPSA) is 115 Å². The van der Waals surface area contributed by atoms with Crippen molar-refractivity contribution in [2.24, 2.45) is 9.98 Å². The lowest BCUT2D eigenvalue weighted by Gasteiger charge is -2.27. The molecule has 29 heavy (non-hydrogen) atoms. The van der Waals surface area contributed by atoms with Crippen LogP contribution in [-0.4, -0.2) is 83.6 Å². The summed E-state index contributed by atoms with van der Waals surface area (Å²) < 4.78 is 5.52. The lowest BCUT2D eigenvalue weighted by atomic mass is 10.3. The van der Waals surface area contributed by atoms with Gasteiger partial charge in [0.05, 0.1) is 12.3 Å². The second-order valence-corrected chi connectivity index (χ2v) is 6.45. The molecule has 0 atom stereocenters. The van der Waals surface area contributed by atoms with Crippen molar-refractivity contribution in [2.45, 2.75) is 12.8 Å². The number of hydrogen-bond acceptors (Lipinski definition) is 4. The van der Waals surface area contributed by atoms with Gasteiger partial charge in [0.1, 0.15) is 12.4 Å². The molecule has 0 radical (unpaired) electrons. The highest BCUT2D eigenvalue weighted by molar-refractivity contribution is 5.97. The first-order valence-corrected chi connectivity index (χ1v) is 9.35. The van der Waals surface area contributed by atoms with Crippen molar-refractivity contribution in [2.75, 3.05) is 39.9 Å². The summed E-state index contributed by atoms with van der Waals surface area (Å²) in [6.07, 6.45) is 3.54. The van der Waals surface area contributed by atoms with E-state index >= 15 is 0 Å². The number of likely N-dealkylation sites (tertiary alicyclic amines) is 1. The number of likely N-dealkylation sites (N-methyl/N-ethyl adjacent to an activating group) is 1. The number of nitrogens with zero attached hydrogens (tertiary/aromatic N) is 4. The first kappa shape index (κ1) is 22.1. The largest absolute Gasteiger partial charge is 0.478 e. The zero-order chi connectivity index (χ0) is 21.1. The molecule has 0 amide bonds. The number of rotatable bonds is 3. The summed E-state index contributed by atoms with van der Waals surface area (Å²) in [4.78, 5) is 33.1. The average Bonchev–Trinajstić information content (AvgIpc) is 3.24. The van der Waals surface area contributed by atoms with Gasteiger partial charge < -0.3 is 24.7 Å². The van der Waals surface area contributed by atoms with E-state index < -0.39 is 11.9 Å². The molecule has 156 valence electrons. The lowest BCUT2D eigenvalue weighted by Crippen LogP contribution is -2.40. The van der Waals surface area contributed by atoms with Gasteiger partial charge in [0.2, 0.25) is 5.96 Å². The SMILES string of the molecule is CN1CCOCC1=NC(=Nc1ccccc1)N1CCCC1.O=C(O)/C=C/C(=O)O. The standard InChI is InChI=1S/C16H22N4O.C4H4O4/c1-19-11-12-21-13-15(19)18-16(20-9-5-6-10-20)17-14-7-3-2-4-8-14;5-3(6)1-2-4(7)8/h2-4,7-8H,5-6,9-13H2,1H3;1-2H,(H,5,6)(H,7,8)/b;2-1+. The maximum Gasteiger partial charge on any atom is 0.328 e. The van der Waals surface area contributed by atoms with Crippen LogP contribution in [0, 0.1) is 0 Å². The van der Waals surface area contributed by atoms with Crippen LogP contribution in [0.4, 0.5) is 5.69 Å². The Labute approximate surface area is 169 Å². The maximum absolute atomic E-state index is 9.55.